The third-order valence-corrected chi connectivity index (χ3v) is 7.13. The van der Waals surface area contributed by atoms with E-state index in [0.29, 0.717) is 48.3 Å². The number of piperazine rings is 1. The molecule has 0 spiro atoms. The van der Waals surface area contributed by atoms with Crippen molar-refractivity contribution in [2.45, 2.75) is 24.9 Å². The number of benzene rings is 3. The Morgan fingerprint density at radius 2 is 1.39 bits per heavy atom. The van der Waals surface area contributed by atoms with Crippen LogP contribution in [0.5, 0.6) is 0 Å². The summed E-state index contributed by atoms with van der Waals surface area (Å²) < 4.78 is 80.8. The van der Waals surface area contributed by atoms with Gasteiger partial charge in [0.05, 0.1) is 27.5 Å². The Bertz CT molecular complexity index is 1280. The number of halogens is 5. The summed E-state index contributed by atoms with van der Waals surface area (Å²) in [6.07, 6.45) is -4.56. The molecule has 0 amide bonds. The molecule has 1 N–H and O–H groups in total. The van der Waals surface area contributed by atoms with Crippen molar-refractivity contribution < 1.29 is 26.0 Å². The van der Waals surface area contributed by atoms with Gasteiger partial charge in [-0.1, -0.05) is 37.6 Å². The molecule has 11 heteroatoms. The van der Waals surface area contributed by atoms with Crippen LogP contribution >= 0.6 is 11.6 Å². The van der Waals surface area contributed by atoms with Gasteiger partial charge in [0.25, 0.3) is 10.0 Å². The van der Waals surface area contributed by atoms with Crippen molar-refractivity contribution in [3.05, 3.63) is 83.1 Å². The highest BCUT2D eigenvalue weighted by Gasteiger charge is 2.31. The average molecular weight is 544 g/mol. The second-order valence-corrected chi connectivity index (χ2v) is 9.83. The molecule has 0 unspecified atom stereocenters. The van der Waals surface area contributed by atoms with Gasteiger partial charge in [0, 0.05) is 31.2 Å². The molecular formula is C25H26ClF4N3O2S. The fourth-order valence-corrected chi connectivity index (χ4v) is 5.02. The van der Waals surface area contributed by atoms with E-state index in [1.807, 2.05) is 23.6 Å². The van der Waals surface area contributed by atoms with Crippen molar-refractivity contribution in [3.8, 4) is 0 Å². The Morgan fingerprint density at radius 1 is 0.833 bits per heavy atom. The molecule has 1 aliphatic rings. The zero-order valence-electron chi connectivity index (χ0n) is 19.7. The van der Waals surface area contributed by atoms with Gasteiger partial charge in [-0.05, 0) is 54.6 Å². The Balaban J connectivity index is 0.00000176. The molecule has 0 saturated carbocycles. The van der Waals surface area contributed by atoms with Crippen LogP contribution in [0.1, 0.15) is 19.4 Å². The number of nitrogens with zero attached hydrogens (tertiary/aromatic N) is 2. The monoisotopic (exact) mass is 543 g/mol. The van der Waals surface area contributed by atoms with E-state index in [0.717, 1.165) is 24.3 Å². The molecule has 0 aromatic heterocycles. The van der Waals surface area contributed by atoms with E-state index >= 15 is 0 Å². The summed E-state index contributed by atoms with van der Waals surface area (Å²) in [7, 11) is -4.12. The van der Waals surface area contributed by atoms with Gasteiger partial charge in [0.1, 0.15) is 5.82 Å². The Labute approximate surface area is 213 Å². The second kappa shape index (κ2) is 11.4. The van der Waals surface area contributed by atoms with E-state index in [1.165, 1.54) is 6.07 Å². The van der Waals surface area contributed by atoms with Crippen LogP contribution in [0.4, 0.5) is 34.6 Å². The number of anilines is 3. The molecule has 3 aromatic carbocycles. The first-order valence-electron chi connectivity index (χ1n) is 11.3. The number of sulfonamides is 1. The molecule has 5 nitrogen and oxygen atoms in total. The Morgan fingerprint density at radius 3 is 1.94 bits per heavy atom. The minimum atomic E-state index is -4.56. The van der Waals surface area contributed by atoms with Crippen LogP contribution in [-0.2, 0) is 16.2 Å². The zero-order chi connectivity index (χ0) is 26.5. The normalized spacial score (nSPS) is 14.2. The summed E-state index contributed by atoms with van der Waals surface area (Å²) in [5.74, 6) is -0.411. The van der Waals surface area contributed by atoms with E-state index in [-0.39, 0.29) is 4.90 Å². The summed E-state index contributed by atoms with van der Waals surface area (Å²) in [6.45, 7) is 6.00. The fourth-order valence-electron chi connectivity index (χ4n) is 3.79. The standard InChI is InChI=1S/C23H20ClF4N3O2S.C2H6/c24-17-7-10-21(19(25)15-17)30-11-13-31(14-12-30)22-4-2-1-3-20(22)29-34(32,33)18-8-5-16(6-9-18)23(26,27)28;1-2/h1-10,15,29H,11-14H2;1-2H3. The number of para-hydroxylation sites is 2. The maximum Gasteiger partial charge on any atom is 0.416 e. The summed E-state index contributed by atoms with van der Waals surface area (Å²) in [5, 5.41) is 0.314. The van der Waals surface area contributed by atoms with E-state index in [9.17, 15) is 26.0 Å². The van der Waals surface area contributed by atoms with Crippen molar-refractivity contribution in [1.29, 1.82) is 0 Å². The first-order chi connectivity index (χ1) is 17.0. The van der Waals surface area contributed by atoms with E-state index < -0.39 is 27.6 Å². The minimum absolute atomic E-state index is 0.279. The topological polar surface area (TPSA) is 52.7 Å². The predicted molar refractivity (Wildman–Crippen MR) is 136 cm³/mol. The molecule has 36 heavy (non-hydrogen) atoms. The lowest BCUT2D eigenvalue weighted by Gasteiger charge is -2.38. The first kappa shape index (κ1) is 27.6. The van der Waals surface area contributed by atoms with Gasteiger partial charge in [-0.3, -0.25) is 4.72 Å². The van der Waals surface area contributed by atoms with Gasteiger partial charge in [-0.25, -0.2) is 12.8 Å². The van der Waals surface area contributed by atoms with Crippen LogP contribution in [-0.4, -0.2) is 34.6 Å². The van der Waals surface area contributed by atoms with Gasteiger partial charge < -0.3 is 9.80 Å². The molecule has 194 valence electrons. The number of nitrogens with one attached hydrogen (secondary N) is 1. The predicted octanol–water partition coefficient (Wildman–Crippen LogP) is 6.65. The number of hydrogen-bond donors (Lipinski definition) is 1. The lowest BCUT2D eigenvalue weighted by atomic mass is 10.2. The van der Waals surface area contributed by atoms with Crippen molar-refractivity contribution in [1.82, 2.24) is 0 Å². The molecule has 0 bridgehead atoms. The largest absolute Gasteiger partial charge is 0.416 e. The van der Waals surface area contributed by atoms with Gasteiger partial charge in [0.15, 0.2) is 0 Å². The number of hydrogen-bond acceptors (Lipinski definition) is 4. The number of rotatable bonds is 5. The number of alkyl halides is 3. The fraction of sp³-hybridized carbons (Fsp3) is 0.280. The van der Waals surface area contributed by atoms with Crippen LogP contribution in [0.25, 0.3) is 0 Å². The third-order valence-electron chi connectivity index (χ3n) is 5.51. The molecule has 1 aliphatic heterocycles. The first-order valence-corrected chi connectivity index (χ1v) is 13.1. The van der Waals surface area contributed by atoms with Crippen LogP contribution in [0.3, 0.4) is 0 Å². The molecule has 0 atom stereocenters. The van der Waals surface area contributed by atoms with Crippen molar-refractivity contribution >= 4 is 38.7 Å². The molecule has 1 fully saturated rings. The highest BCUT2D eigenvalue weighted by molar-refractivity contribution is 7.92. The Hall–Kier alpha value is -2.98. The highest BCUT2D eigenvalue weighted by atomic mass is 35.5. The lowest BCUT2D eigenvalue weighted by Crippen LogP contribution is -2.47. The smallest absolute Gasteiger partial charge is 0.366 e. The lowest BCUT2D eigenvalue weighted by molar-refractivity contribution is -0.137. The van der Waals surface area contributed by atoms with Crippen LogP contribution in [0.15, 0.2) is 71.6 Å². The maximum absolute atomic E-state index is 14.3. The van der Waals surface area contributed by atoms with E-state index in [4.69, 9.17) is 11.6 Å². The van der Waals surface area contributed by atoms with Gasteiger partial charge in [-0.15, -0.1) is 0 Å². The SMILES string of the molecule is CC.O=S(=O)(Nc1ccccc1N1CCN(c2ccc(Cl)cc2F)CC1)c1ccc(C(F)(F)F)cc1. The maximum atomic E-state index is 14.3. The summed E-state index contributed by atoms with van der Waals surface area (Å²) in [6, 6.07) is 14.6. The van der Waals surface area contributed by atoms with Gasteiger partial charge in [0.2, 0.25) is 0 Å². The quantitative estimate of drug-likeness (QED) is 0.366. The zero-order valence-corrected chi connectivity index (χ0v) is 21.3. The Kier molecular flexibility index (Phi) is 8.73. The molecule has 1 heterocycles. The van der Waals surface area contributed by atoms with Crippen molar-refractivity contribution in [3.63, 3.8) is 0 Å². The van der Waals surface area contributed by atoms with Crippen molar-refractivity contribution in [2.24, 2.45) is 0 Å². The van der Waals surface area contributed by atoms with Crippen LogP contribution < -0.4 is 14.5 Å². The average Bonchev–Trinajstić information content (AvgIpc) is 2.85. The summed E-state index contributed by atoms with van der Waals surface area (Å²) >= 11 is 5.83. The summed E-state index contributed by atoms with van der Waals surface area (Å²) in [4.78, 5) is 3.57. The highest BCUT2D eigenvalue weighted by Crippen LogP contribution is 2.32. The van der Waals surface area contributed by atoms with Gasteiger partial charge >= 0.3 is 6.18 Å². The van der Waals surface area contributed by atoms with Crippen LogP contribution in [0, 0.1) is 5.82 Å². The van der Waals surface area contributed by atoms with E-state index in [1.54, 1.807) is 36.4 Å². The van der Waals surface area contributed by atoms with Crippen molar-refractivity contribution in [2.75, 3.05) is 40.7 Å². The third kappa shape index (κ3) is 6.41. The minimum Gasteiger partial charge on any atom is -0.366 e. The molecular weight excluding hydrogens is 518 g/mol. The van der Waals surface area contributed by atoms with E-state index in [2.05, 4.69) is 4.72 Å². The summed E-state index contributed by atoms with van der Waals surface area (Å²) in [5.41, 5.74) is 0.435. The molecule has 0 radical (unpaired) electrons. The van der Waals surface area contributed by atoms with Crippen LogP contribution in [0.2, 0.25) is 5.02 Å². The second-order valence-electron chi connectivity index (χ2n) is 7.71. The van der Waals surface area contributed by atoms with Gasteiger partial charge in [-0.2, -0.15) is 13.2 Å². The molecule has 0 aliphatic carbocycles. The molecule has 1 saturated heterocycles. The molecule has 3 aromatic rings. The molecule has 4 rings (SSSR count).